The van der Waals surface area contributed by atoms with E-state index in [9.17, 15) is 8.78 Å². The van der Waals surface area contributed by atoms with Crippen LogP contribution in [0.2, 0.25) is 0 Å². The molecule has 0 saturated carbocycles. The maximum absolute atomic E-state index is 14.2. The molecule has 4 rings (SSSR count). The van der Waals surface area contributed by atoms with E-state index in [1.165, 1.54) is 23.8 Å². The second-order valence-electron chi connectivity index (χ2n) is 6.24. The van der Waals surface area contributed by atoms with Gasteiger partial charge < -0.3 is 0 Å². The highest BCUT2D eigenvalue weighted by Gasteiger charge is 2.20. The SMILES string of the molecule is Fc1ccc(-c2c(I)c(CI)c(-c3ccccc3)c3cc(F)ccc23)cc1. The minimum absolute atomic E-state index is 0.259. The van der Waals surface area contributed by atoms with Gasteiger partial charge in [-0.2, -0.15) is 0 Å². The van der Waals surface area contributed by atoms with Crippen molar-refractivity contribution in [2.75, 3.05) is 0 Å². The van der Waals surface area contributed by atoms with Gasteiger partial charge in [0, 0.05) is 13.6 Å². The summed E-state index contributed by atoms with van der Waals surface area (Å²) in [5.41, 5.74) is 5.26. The molecule has 4 aromatic rings. The highest BCUT2D eigenvalue weighted by molar-refractivity contribution is 14.1. The molecule has 4 aromatic carbocycles. The predicted octanol–water partition coefficient (Wildman–Crippen LogP) is 7.99. The summed E-state index contributed by atoms with van der Waals surface area (Å²) >= 11 is 4.73. The fourth-order valence-corrected chi connectivity index (χ4v) is 6.00. The largest absolute Gasteiger partial charge is 0.207 e. The molecule has 134 valence electrons. The summed E-state index contributed by atoms with van der Waals surface area (Å²) in [6, 6.07) is 21.5. The molecule has 0 aliphatic rings. The van der Waals surface area contributed by atoms with E-state index >= 15 is 0 Å². The summed E-state index contributed by atoms with van der Waals surface area (Å²) in [6.45, 7) is 0. The molecule has 0 unspecified atom stereocenters. The quantitative estimate of drug-likeness (QED) is 0.170. The van der Waals surface area contributed by atoms with Crippen molar-refractivity contribution in [3.63, 3.8) is 0 Å². The number of fused-ring (bicyclic) bond motifs is 1. The van der Waals surface area contributed by atoms with E-state index in [0.717, 1.165) is 41.0 Å². The van der Waals surface area contributed by atoms with Gasteiger partial charge in [-0.25, -0.2) is 8.78 Å². The van der Waals surface area contributed by atoms with Crippen molar-refractivity contribution >= 4 is 56.0 Å². The minimum atomic E-state index is -0.265. The Hall–Kier alpha value is -1.54. The zero-order chi connectivity index (χ0) is 19.0. The van der Waals surface area contributed by atoms with Crippen molar-refractivity contribution in [3.05, 3.63) is 93.6 Å². The molecule has 0 aliphatic carbocycles. The van der Waals surface area contributed by atoms with Gasteiger partial charge in [0.25, 0.3) is 0 Å². The Kier molecular flexibility index (Phi) is 5.45. The van der Waals surface area contributed by atoms with Gasteiger partial charge in [-0.05, 0) is 79.9 Å². The van der Waals surface area contributed by atoms with E-state index < -0.39 is 0 Å². The lowest BCUT2D eigenvalue weighted by Gasteiger charge is -2.19. The standard InChI is InChI=1S/C23H14F2I2/c24-16-8-6-15(7-9-16)22-18-11-10-17(25)12-19(18)21(20(13-26)23(22)27)14-4-2-1-3-5-14/h1-12H,13H2. The molecule has 0 aliphatic heterocycles. The van der Waals surface area contributed by atoms with E-state index in [4.69, 9.17) is 0 Å². The van der Waals surface area contributed by atoms with Crippen LogP contribution in [0.4, 0.5) is 8.78 Å². The maximum atomic E-state index is 14.2. The van der Waals surface area contributed by atoms with Crippen LogP contribution in [0.5, 0.6) is 0 Å². The number of alkyl halides is 1. The van der Waals surface area contributed by atoms with E-state index in [-0.39, 0.29) is 11.6 Å². The molecule has 0 spiro atoms. The Morgan fingerprint density at radius 2 is 1.30 bits per heavy atom. The van der Waals surface area contributed by atoms with Crippen molar-refractivity contribution in [1.82, 2.24) is 0 Å². The van der Waals surface area contributed by atoms with Crippen LogP contribution in [0.1, 0.15) is 5.56 Å². The number of halogens is 4. The van der Waals surface area contributed by atoms with Crippen molar-refractivity contribution in [2.45, 2.75) is 4.43 Å². The Balaban J connectivity index is 2.16. The van der Waals surface area contributed by atoms with Gasteiger partial charge in [0.1, 0.15) is 11.6 Å². The van der Waals surface area contributed by atoms with Crippen LogP contribution in [0.3, 0.4) is 0 Å². The lowest BCUT2D eigenvalue weighted by molar-refractivity contribution is 0.628. The third-order valence-electron chi connectivity index (χ3n) is 4.64. The molecule has 0 amide bonds. The monoisotopic (exact) mass is 582 g/mol. The molecule has 0 saturated heterocycles. The molecular formula is C23H14F2I2. The van der Waals surface area contributed by atoms with Crippen LogP contribution in [0.15, 0.2) is 72.8 Å². The first-order valence-electron chi connectivity index (χ1n) is 8.41. The first-order valence-corrected chi connectivity index (χ1v) is 11.0. The fourth-order valence-electron chi connectivity index (χ4n) is 3.44. The topological polar surface area (TPSA) is 0 Å². The summed E-state index contributed by atoms with van der Waals surface area (Å²) < 4.78 is 29.6. The van der Waals surface area contributed by atoms with Gasteiger partial charge in [-0.15, -0.1) is 0 Å². The first kappa shape index (κ1) is 18.8. The number of benzene rings is 4. The van der Waals surface area contributed by atoms with Gasteiger partial charge in [0.2, 0.25) is 0 Å². The van der Waals surface area contributed by atoms with Crippen LogP contribution < -0.4 is 0 Å². The normalized spacial score (nSPS) is 11.1. The third-order valence-corrected chi connectivity index (χ3v) is 6.59. The van der Waals surface area contributed by atoms with Crippen LogP contribution >= 0.6 is 45.2 Å². The van der Waals surface area contributed by atoms with Gasteiger partial charge in [-0.1, -0.05) is 71.1 Å². The molecule has 0 fully saturated rings. The fraction of sp³-hybridized carbons (Fsp3) is 0.0435. The first-order chi connectivity index (χ1) is 13.1. The number of rotatable bonds is 3. The second kappa shape index (κ2) is 7.83. The van der Waals surface area contributed by atoms with Gasteiger partial charge >= 0.3 is 0 Å². The highest BCUT2D eigenvalue weighted by Crippen LogP contribution is 2.43. The average Bonchev–Trinajstić information content (AvgIpc) is 2.69. The lowest BCUT2D eigenvalue weighted by Crippen LogP contribution is -1.98. The Bertz CT molecular complexity index is 1120. The Morgan fingerprint density at radius 1 is 0.667 bits per heavy atom. The molecule has 0 aromatic heterocycles. The molecule has 0 radical (unpaired) electrons. The smallest absolute Gasteiger partial charge is 0.123 e. The second-order valence-corrected chi connectivity index (χ2v) is 8.08. The molecular weight excluding hydrogens is 568 g/mol. The Labute approximate surface area is 183 Å². The maximum Gasteiger partial charge on any atom is 0.123 e. The number of hydrogen-bond donors (Lipinski definition) is 0. The van der Waals surface area contributed by atoms with Gasteiger partial charge in [0.05, 0.1) is 0 Å². The van der Waals surface area contributed by atoms with Crippen LogP contribution in [0.25, 0.3) is 33.0 Å². The third kappa shape index (κ3) is 3.49. The molecule has 0 atom stereocenters. The Morgan fingerprint density at radius 3 is 1.96 bits per heavy atom. The van der Waals surface area contributed by atoms with Crippen molar-refractivity contribution < 1.29 is 8.78 Å². The summed E-state index contributed by atoms with van der Waals surface area (Å²) in [4.78, 5) is 0. The van der Waals surface area contributed by atoms with Crippen molar-refractivity contribution in [3.8, 4) is 22.3 Å². The molecule has 0 heterocycles. The lowest BCUT2D eigenvalue weighted by atomic mass is 9.88. The summed E-state index contributed by atoms with van der Waals surface area (Å²) in [5.74, 6) is -0.524. The molecule has 0 bridgehead atoms. The van der Waals surface area contributed by atoms with Gasteiger partial charge in [0.15, 0.2) is 0 Å². The average molecular weight is 582 g/mol. The van der Waals surface area contributed by atoms with Crippen LogP contribution in [0, 0.1) is 15.2 Å². The van der Waals surface area contributed by atoms with E-state index in [1.54, 1.807) is 18.2 Å². The zero-order valence-electron chi connectivity index (χ0n) is 14.1. The molecule has 0 N–H and O–H groups in total. The van der Waals surface area contributed by atoms with Gasteiger partial charge in [-0.3, -0.25) is 0 Å². The molecule has 27 heavy (non-hydrogen) atoms. The minimum Gasteiger partial charge on any atom is -0.207 e. The zero-order valence-corrected chi connectivity index (χ0v) is 18.5. The summed E-state index contributed by atoms with van der Waals surface area (Å²) in [6.07, 6.45) is 0. The van der Waals surface area contributed by atoms with Crippen LogP contribution in [-0.4, -0.2) is 0 Å². The van der Waals surface area contributed by atoms with Crippen LogP contribution in [-0.2, 0) is 4.43 Å². The van der Waals surface area contributed by atoms with E-state index in [1.807, 2.05) is 24.3 Å². The van der Waals surface area contributed by atoms with Crippen molar-refractivity contribution in [1.29, 1.82) is 0 Å². The van der Waals surface area contributed by atoms with E-state index in [0.29, 0.717) is 0 Å². The summed E-state index contributed by atoms with van der Waals surface area (Å²) in [7, 11) is 0. The molecule has 0 nitrogen and oxygen atoms in total. The predicted molar refractivity (Wildman–Crippen MR) is 125 cm³/mol. The summed E-state index contributed by atoms with van der Waals surface area (Å²) in [5, 5.41) is 1.85. The number of hydrogen-bond acceptors (Lipinski definition) is 0. The van der Waals surface area contributed by atoms with Crippen molar-refractivity contribution in [2.24, 2.45) is 0 Å². The van der Waals surface area contributed by atoms with E-state index in [2.05, 4.69) is 57.3 Å². The molecule has 4 heteroatoms. The highest BCUT2D eigenvalue weighted by atomic mass is 127.